The fourth-order valence-electron chi connectivity index (χ4n) is 4.52. The lowest BCUT2D eigenvalue weighted by atomic mass is 9.99. The summed E-state index contributed by atoms with van der Waals surface area (Å²) < 4.78 is 11.9. The highest BCUT2D eigenvalue weighted by Gasteiger charge is 2.34. The summed E-state index contributed by atoms with van der Waals surface area (Å²) in [6.07, 6.45) is 5.09. The number of aliphatic hydroxyl groups is 1. The van der Waals surface area contributed by atoms with E-state index >= 15 is 0 Å². The lowest BCUT2D eigenvalue weighted by Gasteiger charge is -2.37. The van der Waals surface area contributed by atoms with E-state index in [0.29, 0.717) is 30.3 Å². The number of benzene rings is 1. The summed E-state index contributed by atoms with van der Waals surface area (Å²) in [6.45, 7) is 5.66. The monoisotopic (exact) mass is 490 g/mol. The summed E-state index contributed by atoms with van der Waals surface area (Å²) in [7, 11) is 3.67. The number of carbonyl (C=O) groups excluding carboxylic acids is 1. The van der Waals surface area contributed by atoms with Crippen LogP contribution >= 0.6 is 0 Å². The van der Waals surface area contributed by atoms with Gasteiger partial charge in [0.05, 0.1) is 19.8 Å². The molecule has 1 N–H and O–H groups in total. The van der Waals surface area contributed by atoms with Gasteiger partial charge in [-0.2, -0.15) is 0 Å². The summed E-state index contributed by atoms with van der Waals surface area (Å²) in [5, 5.41) is 9.91. The number of para-hydroxylation sites is 1. The summed E-state index contributed by atoms with van der Waals surface area (Å²) in [6, 6.07) is 13.1. The summed E-state index contributed by atoms with van der Waals surface area (Å²) in [4.78, 5) is 26.3. The van der Waals surface area contributed by atoms with Gasteiger partial charge in [-0.05, 0) is 43.8 Å². The van der Waals surface area contributed by atoms with Crippen LogP contribution in [0.1, 0.15) is 29.8 Å². The Kier molecular flexibility index (Phi) is 8.18. The third-order valence-electron chi connectivity index (χ3n) is 6.63. The standard InChI is InChI=1S/C28H34N4O4/c1-19-15-32(20(2)18-33)28(34)24-13-22(23-7-5-6-8-25(23)35-4)14-30-27(24)36-26(19)17-31(3)16-21-9-11-29-12-10-21/h5-14,19-20,26,33H,15-18H2,1-4H3/t19-,20-,26-/m1/s1. The first-order chi connectivity index (χ1) is 17.4. The van der Waals surface area contributed by atoms with Crippen LogP contribution < -0.4 is 9.47 Å². The molecule has 0 aliphatic carbocycles. The van der Waals surface area contributed by atoms with Crippen molar-refractivity contribution in [3.8, 4) is 22.8 Å². The molecule has 1 aromatic carbocycles. The van der Waals surface area contributed by atoms with Crippen LogP contribution in [-0.2, 0) is 6.54 Å². The number of methoxy groups -OCH3 is 1. The molecule has 190 valence electrons. The van der Waals surface area contributed by atoms with Gasteiger partial charge in [-0.1, -0.05) is 25.1 Å². The van der Waals surface area contributed by atoms with Crippen molar-refractivity contribution in [2.75, 3.05) is 33.9 Å². The molecule has 1 amide bonds. The van der Waals surface area contributed by atoms with Gasteiger partial charge in [0.15, 0.2) is 0 Å². The minimum Gasteiger partial charge on any atom is -0.496 e. The molecule has 8 heteroatoms. The van der Waals surface area contributed by atoms with Crippen molar-refractivity contribution in [2.45, 2.75) is 32.5 Å². The molecule has 2 aromatic heterocycles. The molecule has 8 nitrogen and oxygen atoms in total. The number of carbonyl (C=O) groups is 1. The van der Waals surface area contributed by atoms with Crippen LogP contribution in [0.25, 0.3) is 11.1 Å². The number of hydrogen-bond acceptors (Lipinski definition) is 7. The number of likely N-dealkylation sites (N-methyl/N-ethyl adjacent to an activating group) is 1. The Labute approximate surface area is 212 Å². The quantitative estimate of drug-likeness (QED) is 0.517. The Morgan fingerprint density at radius 2 is 1.97 bits per heavy atom. The highest BCUT2D eigenvalue weighted by Crippen LogP contribution is 2.34. The zero-order valence-corrected chi connectivity index (χ0v) is 21.3. The van der Waals surface area contributed by atoms with Gasteiger partial charge in [0.25, 0.3) is 5.91 Å². The first-order valence-electron chi connectivity index (χ1n) is 12.2. The molecule has 1 aliphatic rings. The van der Waals surface area contributed by atoms with Gasteiger partial charge in [-0.15, -0.1) is 0 Å². The molecule has 0 radical (unpaired) electrons. The Balaban J connectivity index is 1.68. The van der Waals surface area contributed by atoms with Crippen molar-refractivity contribution in [1.29, 1.82) is 0 Å². The molecule has 4 rings (SSSR count). The summed E-state index contributed by atoms with van der Waals surface area (Å²) in [5.74, 6) is 0.823. The fourth-order valence-corrected chi connectivity index (χ4v) is 4.52. The predicted octanol–water partition coefficient (Wildman–Crippen LogP) is 3.50. The second-order valence-corrected chi connectivity index (χ2v) is 9.45. The lowest BCUT2D eigenvalue weighted by molar-refractivity contribution is 0.0325. The van der Waals surface area contributed by atoms with Crippen LogP contribution in [0.2, 0.25) is 0 Å². The minimum atomic E-state index is -0.337. The highest BCUT2D eigenvalue weighted by molar-refractivity contribution is 5.98. The second-order valence-electron chi connectivity index (χ2n) is 9.45. The van der Waals surface area contributed by atoms with Crippen LogP contribution in [0.5, 0.6) is 11.6 Å². The maximum absolute atomic E-state index is 13.7. The molecule has 0 saturated heterocycles. The minimum absolute atomic E-state index is 0.0201. The van der Waals surface area contributed by atoms with Gasteiger partial charge >= 0.3 is 0 Å². The van der Waals surface area contributed by atoms with E-state index in [4.69, 9.17) is 9.47 Å². The molecule has 3 aromatic rings. The van der Waals surface area contributed by atoms with E-state index < -0.39 is 0 Å². The third-order valence-corrected chi connectivity index (χ3v) is 6.63. The van der Waals surface area contributed by atoms with Crippen molar-refractivity contribution in [3.63, 3.8) is 0 Å². The van der Waals surface area contributed by atoms with E-state index in [9.17, 15) is 9.90 Å². The Morgan fingerprint density at radius 1 is 1.22 bits per heavy atom. The lowest BCUT2D eigenvalue weighted by Crippen LogP contribution is -2.49. The van der Waals surface area contributed by atoms with Crippen molar-refractivity contribution < 1.29 is 19.4 Å². The number of aromatic nitrogens is 2. The second kappa shape index (κ2) is 11.5. The van der Waals surface area contributed by atoms with Crippen LogP contribution in [0.4, 0.5) is 0 Å². The molecule has 36 heavy (non-hydrogen) atoms. The van der Waals surface area contributed by atoms with Crippen molar-refractivity contribution in [1.82, 2.24) is 19.8 Å². The van der Waals surface area contributed by atoms with Gasteiger partial charge in [-0.3, -0.25) is 14.7 Å². The summed E-state index contributed by atoms with van der Waals surface area (Å²) >= 11 is 0. The molecule has 0 spiro atoms. The number of aliphatic hydroxyl groups excluding tert-OH is 1. The van der Waals surface area contributed by atoms with Gasteiger partial charge in [0.1, 0.15) is 17.4 Å². The van der Waals surface area contributed by atoms with Crippen LogP contribution in [-0.4, -0.2) is 76.8 Å². The molecule has 0 unspecified atom stereocenters. The average molecular weight is 491 g/mol. The SMILES string of the molecule is COc1ccccc1-c1cnc2c(c1)C(=O)N([C@H](C)CO)C[C@@H](C)[C@@H](CN(C)Cc1ccncc1)O2. The number of fused-ring (bicyclic) bond motifs is 1. The first kappa shape index (κ1) is 25.6. The molecule has 1 aliphatic heterocycles. The van der Waals surface area contributed by atoms with E-state index in [1.54, 1.807) is 30.6 Å². The largest absolute Gasteiger partial charge is 0.496 e. The topological polar surface area (TPSA) is 88.0 Å². The van der Waals surface area contributed by atoms with Crippen LogP contribution in [0, 0.1) is 5.92 Å². The molecular weight excluding hydrogens is 456 g/mol. The third kappa shape index (κ3) is 5.66. The number of nitrogens with zero attached hydrogens (tertiary/aromatic N) is 4. The molecule has 0 bridgehead atoms. The molecule has 3 heterocycles. The van der Waals surface area contributed by atoms with Gasteiger partial charge < -0.3 is 19.5 Å². The maximum atomic E-state index is 13.7. The molecule has 3 atom stereocenters. The highest BCUT2D eigenvalue weighted by atomic mass is 16.5. The van der Waals surface area contributed by atoms with Crippen molar-refractivity contribution >= 4 is 5.91 Å². The summed E-state index contributed by atoms with van der Waals surface area (Å²) in [5.41, 5.74) is 3.15. The normalized spacial score (nSPS) is 18.7. The Bertz CT molecular complexity index is 1170. The van der Waals surface area contributed by atoms with Gasteiger partial charge in [0, 0.05) is 55.3 Å². The van der Waals surface area contributed by atoms with E-state index in [2.05, 4.69) is 21.8 Å². The zero-order chi connectivity index (χ0) is 25.7. The van der Waals surface area contributed by atoms with Gasteiger partial charge in [-0.25, -0.2) is 4.98 Å². The number of rotatable bonds is 8. The first-order valence-corrected chi connectivity index (χ1v) is 12.2. The van der Waals surface area contributed by atoms with E-state index in [-0.39, 0.29) is 30.6 Å². The van der Waals surface area contributed by atoms with E-state index in [1.807, 2.05) is 56.4 Å². The van der Waals surface area contributed by atoms with E-state index in [0.717, 1.165) is 23.2 Å². The number of amides is 1. The van der Waals surface area contributed by atoms with E-state index in [1.165, 1.54) is 0 Å². The van der Waals surface area contributed by atoms with Crippen molar-refractivity contribution in [3.05, 3.63) is 72.2 Å². The van der Waals surface area contributed by atoms with Crippen LogP contribution in [0.15, 0.2) is 61.1 Å². The average Bonchev–Trinajstić information content (AvgIpc) is 2.90. The molecule has 0 fully saturated rings. The zero-order valence-electron chi connectivity index (χ0n) is 21.3. The number of hydrogen-bond donors (Lipinski definition) is 1. The Morgan fingerprint density at radius 3 is 2.69 bits per heavy atom. The molecule has 0 saturated carbocycles. The van der Waals surface area contributed by atoms with Crippen molar-refractivity contribution in [2.24, 2.45) is 5.92 Å². The molecular formula is C28H34N4O4. The number of pyridine rings is 2. The smallest absolute Gasteiger partial charge is 0.259 e. The fraction of sp³-hybridized carbons (Fsp3) is 0.393. The maximum Gasteiger partial charge on any atom is 0.259 e. The predicted molar refractivity (Wildman–Crippen MR) is 138 cm³/mol. The number of ether oxygens (including phenoxy) is 2. The van der Waals surface area contributed by atoms with Crippen LogP contribution in [0.3, 0.4) is 0 Å². The Hall–Kier alpha value is -3.49. The van der Waals surface area contributed by atoms with Gasteiger partial charge in [0.2, 0.25) is 5.88 Å².